The van der Waals surface area contributed by atoms with Crippen LogP contribution in [-0.4, -0.2) is 31.5 Å². The van der Waals surface area contributed by atoms with Gasteiger partial charge in [-0.25, -0.2) is 0 Å². The Bertz CT molecular complexity index is 372. The molecular weight excluding hydrogens is 202 g/mol. The van der Waals surface area contributed by atoms with Crippen molar-refractivity contribution in [3.8, 4) is 5.75 Å². The molecule has 1 rings (SSSR count). The molecule has 0 saturated carbocycles. The zero-order chi connectivity index (χ0) is 12.0. The van der Waals surface area contributed by atoms with E-state index >= 15 is 0 Å². The summed E-state index contributed by atoms with van der Waals surface area (Å²) in [7, 11) is 3.91. The van der Waals surface area contributed by atoms with Gasteiger partial charge in [0.15, 0.2) is 0 Å². The van der Waals surface area contributed by atoms with Gasteiger partial charge in [0.2, 0.25) is 0 Å². The number of allylic oxidation sites excluding steroid dienone is 1. The second-order valence-electron chi connectivity index (χ2n) is 3.71. The van der Waals surface area contributed by atoms with Crippen LogP contribution in [0.3, 0.4) is 0 Å². The molecule has 1 atom stereocenters. The van der Waals surface area contributed by atoms with Crippen molar-refractivity contribution in [3.63, 3.8) is 0 Å². The minimum atomic E-state index is -0.00854. The highest BCUT2D eigenvalue weighted by Gasteiger charge is 2.07. The van der Waals surface area contributed by atoms with E-state index < -0.39 is 0 Å². The number of ether oxygens (including phenoxy) is 1. The normalized spacial score (nSPS) is 13.0. The van der Waals surface area contributed by atoms with E-state index in [2.05, 4.69) is 0 Å². The molecule has 1 aromatic carbocycles. The average Bonchev–Trinajstić information content (AvgIpc) is 2.27. The molecule has 0 spiro atoms. The summed E-state index contributed by atoms with van der Waals surface area (Å²) in [5.74, 6) is 0.779. The molecule has 0 bridgehead atoms. The Morgan fingerprint density at radius 2 is 2.00 bits per heavy atom. The van der Waals surface area contributed by atoms with Crippen LogP contribution in [-0.2, 0) is 4.79 Å². The fraction of sp³-hybridized carbons (Fsp3) is 0.308. The van der Waals surface area contributed by atoms with Crippen LogP contribution in [0.15, 0.2) is 30.3 Å². The summed E-state index contributed by atoms with van der Waals surface area (Å²) in [6, 6.07) is 7.63. The molecule has 16 heavy (non-hydrogen) atoms. The Labute approximate surface area is 96.3 Å². The molecule has 1 aromatic rings. The summed E-state index contributed by atoms with van der Waals surface area (Å²) in [6.45, 7) is 1.97. The number of benzene rings is 1. The molecule has 3 nitrogen and oxygen atoms in total. The molecule has 86 valence electrons. The summed E-state index contributed by atoms with van der Waals surface area (Å²) in [5.41, 5.74) is 0.906. The number of carbonyl (C=O) groups is 1. The van der Waals surface area contributed by atoms with Crippen molar-refractivity contribution in [1.29, 1.82) is 0 Å². The lowest BCUT2D eigenvalue weighted by atomic mass is 10.2. The van der Waals surface area contributed by atoms with Crippen LogP contribution in [0, 0.1) is 0 Å². The quantitative estimate of drug-likeness (QED) is 0.432. The van der Waals surface area contributed by atoms with Crippen LogP contribution in [0.2, 0.25) is 0 Å². The number of nitrogens with zero attached hydrogens (tertiary/aromatic N) is 1. The fourth-order valence-electron chi connectivity index (χ4n) is 1.16. The Kier molecular flexibility index (Phi) is 4.73. The van der Waals surface area contributed by atoms with Crippen molar-refractivity contribution in [2.24, 2.45) is 0 Å². The van der Waals surface area contributed by atoms with Crippen LogP contribution < -0.4 is 4.74 Å². The molecule has 0 amide bonds. The first-order valence-corrected chi connectivity index (χ1v) is 5.19. The third-order valence-corrected chi connectivity index (χ3v) is 2.30. The van der Waals surface area contributed by atoms with Gasteiger partial charge in [-0.1, -0.05) is 18.2 Å². The fourth-order valence-corrected chi connectivity index (χ4v) is 1.16. The van der Waals surface area contributed by atoms with Crippen LogP contribution in [0.25, 0.3) is 6.08 Å². The Hall–Kier alpha value is -1.61. The summed E-state index contributed by atoms with van der Waals surface area (Å²) in [6.07, 6.45) is 3.95. The summed E-state index contributed by atoms with van der Waals surface area (Å²) >= 11 is 0. The highest BCUT2D eigenvalue weighted by Crippen LogP contribution is 2.20. The predicted octanol–water partition coefficient (Wildman–Crippen LogP) is 2.19. The summed E-state index contributed by atoms with van der Waals surface area (Å²) in [4.78, 5) is 12.3. The molecule has 0 saturated heterocycles. The van der Waals surface area contributed by atoms with E-state index in [0.29, 0.717) is 0 Å². The second-order valence-corrected chi connectivity index (χ2v) is 3.71. The minimum Gasteiger partial charge on any atom is -0.475 e. The molecule has 0 aliphatic rings. The topological polar surface area (TPSA) is 29.5 Å². The van der Waals surface area contributed by atoms with Crippen molar-refractivity contribution in [1.82, 2.24) is 4.90 Å². The Balaban J connectivity index is 2.86. The van der Waals surface area contributed by atoms with E-state index in [1.54, 1.807) is 6.08 Å². The minimum absolute atomic E-state index is 0.00854. The highest BCUT2D eigenvalue weighted by molar-refractivity contribution is 5.75. The van der Waals surface area contributed by atoms with Crippen LogP contribution in [0.1, 0.15) is 12.5 Å². The Morgan fingerprint density at radius 1 is 1.31 bits per heavy atom. The maximum absolute atomic E-state index is 10.3. The molecule has 0 fully saturated rings. The van der Waals surface area contributed by atoms with Gasteiger partial charge in [0.1, 0.15) is 18.3 Å². The summed E-state index contributed by atoms with van der Waals surface area (Å²) in [5, 5.41) is 0. The maximum Gasteiger partial charge on any atom is 0.149 e. The van der Waals surface area contributed by atoms with E-state index in [9.17, 15) is 4.79 Å². The van der Waals surface area contributed by atoms with E-state index in [1.165, 1.54) is 6.08 Å². The lowest BCUT2D eigenvalue weighted by molar-refractivity contribution is -0.104. The first-order chi connectivity index (χ1) is 7.65. The number of carbonyl (C=O) groups excluding carboxylic acids is 1. The Morgan fingerprint density at radius 3 is 2.62 bits per heavy atom. The molecule has 0 aromatic heterocycles. The van der Waals surface area contributed by atoms with E-state index in [4.69, 9.17) is 4.74 Å². The number of para-hydroxylation sites is 1. The highest BCUT2D eigenvalue weighted by atomic mass is 16.5. The zero-order valence-corrected chi connectivity index (χ0v) is 9.88. The average molecular weight is 219 g/mol. The number of hydrogen-bond acceptors (Lipinski definition) is 3. The van der Waals surface area contributed by atoms with Gasteiger partial charge in [-0.3, -0.25) is 9.69 Å². The molecule has 0 aliphatic carbocycles. The van der Waals surface area contributed by atoms with Crippen molar-refractivity contribution in [2.45, 2.75) is 13.2 Å². The van der Waals surface area contributed by atoms with Gasteiger partial charge in [0.05, 0.1) is 0 Å². The van der Waals surface area contributed by atoms with E-state index in [-0.39, 0.29) is 6.23 Å². The molecule has 1 unspecified atom stereocenters. The van der Waals surface area contributed by atoms with Gasteiger partial charge in [-0.05, 0) is 39.2 Å². The first kappa shape index (κ1) is 12.5. The van der Waals surface area contributed by atoms with Crippen molar-refractivity contribution in [2.75, 3.05) is 14.1 Å². The second kappa shape index (κ2) is 6.08. The smallest absolute Gasteiger partial charge is 0.149 e. The molecule has 0 aliphatic heterocycles. The molecular formula is C13H17NO2. The van der Waals surface area contributed by atoms with Gasteiger partial charge >= 0.3 is 0 Å². The van der Waals surface area contributed by atoms with Crippen LogP contribution in [0.4, 0.5) is 0 Å². The largest absolute Gasteiger partial charge is 0.475 e. The first-order valence-electron chi connectivity index (χ1n) is 5.19. The van der Waals surface area contributed by atoms with Crippen molar-refractivity contribution in [3.05, 3.63) is 35.9 Å². The number of aldehydes is 1. The van der Waals surface area contributed by atoms with Crippen LogP contribution >= 0.6 is 0 Å². The predicted molar refractivity (Wildman–Crippen MR) is 65.3 cm³/mol. The van der Waals surface area contributed by atoms with Gasteiger partial charge < -0.3 is 4.74 Å². The molecule has 3 heteroatoms. The number of rotatable bonds is 5. The molecule has 0 heterocycles. The molecule has 0 radical (unpaired) electrons. The third kappa shape index (κ3) is 3.51. The lowest BCUT2D eigenvalue weighted by Crippen LogP contribution is -2.30. The van der Waals surface area contributed by atoms with E-state index in [1.807, 2.05) is 50.2 Å². The lowest BCUT2D eigenvalue weighted by Gasteiger charge is -2.22. The monoisotopic (exact) mass is 219 g/mol. The standard InChI is InChI=1S/C13H17NO2/c1-11(14(2)3)16-13-9-5-4-7-12(13)8-6-10-15/h4-11H,1-3H3/b8-6+. The van der Waals surface area contributed by atoms with Crippen LogP contribution in [0.5, 0.6) is 5.75 Å². The van der Waals surface area contributed by atoms with Gasteiger partial charge in [0.25, 0.3) is 0 Å². The summed E-state index contributed by atoms with van der Waals surface area (Å²) < 4.78 is 5.76. The van der Waals surface area contributed by atoms with Gasteiger partial charge in [-0.2, -0.15) is 0 Å². The third-order valence-electron chi connectivity index (χ3n) is 2.30. The van der Waals surface area contributed by atoms with Gasteiger partial charge in [0, 0.05) is 5.56 Å². The van der Waals surface area contributed by atoms with Crippen molar-refractivity contribution >= 4 is 12.4 Å². The zero-order valence-electron chi connectivity index (χ0n) is 9.88. The van der Waals surface area contributed by atoms with Gasteiger partial charge in [-0.15, -0.1) is 0 Å². The SMILES string of the molecule is CC(Oc1ccccc1/C=C/C=O)N(C)C. The molecule has 0 N–H and O–H groups in total. The number of hydrogen-bond donors (Lipinski definition) is 0. The maximum atomic E-state index is 10.3. The van der Waals surface area contributed by atoms with E-state index in [0.717, 1.165) is 17.6 Å². The van der Waals surface area contributed by atoms with Crippen molar-refractivity contribution < 1.29 is 9.53 Å².